The van der Waals surface area contributed by atoms with Gasteiger partial charge in [0.15, 0.2) is 0 Å². The Morgan fingerprint density at radius 1 is 1.18 bits per heavy atom. The van der Waals surface area contributed by atoms with E-state index < -0.39 is 10.0 Å². The van der Waals surface area contributed by atoms with Crippen molar-refractivity contribution in [3.8, 4) is 5.75 Å². The first kappa shape index (κ1) is 21.1. The van der Waals surface area contributed by atoms with Crippen LogP contribution < -0.4 is 4.74 Å². The first-order valence-corrected chi connectivity index (χ1v) is 11.7. The van der Waals surface area contributed by atoms with Crippen molar-refractivity contribution in [2.75, 3.05) is 39.7 Å². The van der Waals surface area contributed by atoms with E-state index in [-0.39, 0.29) is 18.0 Å². The average molecular weight is 411 g/mol. The van der Waals surface area contributed by atoms with E-state index in [9.17, 15) is 13.2 Å². The summed E-state index contributed by atoms with van der Waals surface area (Å²) in [5.41, 5.74) is 0.928. The van der Waals surface area contributed by atoms with Crippen LogP contribution in [0.1, 0.15) is 31.2 Å². The summed E-state index contributed by atoms with van der Waals surface area (Å²) in [7, 11) is -1.74. The van der Waals surface area contributed by atoms with Gasteiger partial charge < -0.3 is 14.4 Å². The van der Waals surface area contributed by atoms with Gasteiger partial charge in [-0.2, -0.15) is 4.31 Å². The lowest BCUT2D eigenvalue weighted by molar-refractivity contribution is -0.132. The second-order valence-electron chi connectivity index (χ2n) is 7.60. The van der Waals surface area contributed by atoms with Gasteiger partial charge in [-0.1, -0.05) is 12.1 Å². The van der Waals surface area contributed by atoms with Gasteiger partial charge in [0.1, 0.15) is 5.75 Å². The monoisotopic (exact) mass is 410 g/mol. The standard InChI is InChI=1S/C20H30N2O5S/c1-26-19-7-5-16(6-8-19)14-20(23)21-11-3-4-18(15-21)22(28(2,24)25)17-9-12-27-13-10-17/h5-8,17-18H,3-4,9-15H2,1-2H3. The van der Waals surface area contributed by atoms with Crippen molar-refractivity contribution in [2.45, 2.75) is 44.2 Å². The van der Waals surface area contributed by atoms with Crippen LogP contribution in [0.15, 0.2) is 24.3 Å². The van der Waals surface area contributed by atoms with Crippen LogP contribution in [0.3, 0.4) is 0 Å². The molecule has 0 aliphatic carbocycles. The number of hydrogen-bond acceptors (Lipinski definition) is 5. The Morgan fingerprint density at radius 3 is 2.46 bits per heavy atom. The summed E-state index contributed by atoms with van der Waals surface area (Å²) in [6.45, 7) is 2.31. The molecule has 0 saturated carbocycles. The number of benzene rings is 1. The predicted octanol–water partition coefficient (Wildman–Crippen LogP) is 1.67. The molecule has 2 saturated heterocycles. The van der Waals surface area contributed by atoms with Crippen LogP contribution in [0, 0.1) is 0 Å². The summed E-state index contributed by atoms with van der Waals surface area (Å²) < 4.78 is 37.3. The van der Waals surface area contributed by atoms with Crippen molar-refractivity contribution >= 4 is 15.9 Å². The van der Waals surface area contributed by atoms with Gasteiger partial charge in [0.25, 0.3) is 0 Å². The predicted molar refractivity (Wildman–Crippen MR) is 107 cm³/mol. The molecule has 3 rings (SSSR count). The zero-order valence-electron chi connectivity index (χ0n) is 16.7. The lowest BCUT2D eigenvalue weighted by Gasteiger charge is -2.42. The Morgan fingerprint density at radius 2 is 1.86 bits per heavy atom. The van der Waals surface area contributed by atoms with Gasteiger partial charge in [0, 0.05) is 38.4 Å². The third-order valence-electron chi connectivity index (χ3n) is 5.56. The van der Waals surface area contributed by atoms with Gasteiger partial charge in [0.05, 0.1) is 19.8 Å². The average Bonchev–Trinajstić information content (AvgIpc) is 2.69. The van der Waals surface area contributed by atoms with Crippen LogP contribution in [0.25, 0.3) is 0 Å². The zero-order chi connectivity index (χ0) is 20.1. The summed E-state index contributed by atoms with van der Waals surface area (Å²) in [4.78, 5) is 14.6. The molecule has 1 aromatic rings. The molecule has 1 aromatic carbocycles. The minimum absolute atomic E-state index is 0.0367. The number of nitrogens with zero attached hydrogens (tertiary/aromatic N) is 2. The van der Waals surface area contributed by atoms with Crippen LogP contribution in [-0.4, -0.2) is 75.3 Å². The van der Waals surface area contributed by atoms with Crippen molar-refractivity contribution in [1.29, 1.82) is 0 Å². The number of amides is 1. The summed E-state index contributed by atoms with van der Waals surface area (Å²) in [6, 6.07) is 7.28. The molecule has 156 valence electrons. The molecule has 2 fully saturated rings. The highest BCUT2D eigenvalue weighted by atomic mass is 32.2. The maximum Gasteiger partial charge on any atom is 0.227 e. The van der Waals surface area contributed by atoms with Crippen molar-refractivity contribution in [3.63, 3.8) is 0 Å². The van der Waals surface area contributed by atoms with Crippen molar-refractivity contribution < 1.29 is 22.7 Å². The Balaban J connectivity index is 1.67. The van der Waals surface area contributed by atoms with Crippen molar-refractivity contribution in [2.24, 2.45) is 0 Å². The van der Waals surface area contributed by atoms with Crippen LogP contribution >= 0.6 is 0 Å². The lowest BCUT2D eigenvalue weighted by Crippen LogP contribution is -2.55. The topological polar surface area (TPSA) is 76.2 Å². The molecule has 0 aromatic heterocycles. The van der Waals surface area contributed by atoms with Gasteiger partial charge >= 0.3 is 0 Å². The van der Waals surface area contributed by atoms with E-state index in [0.717, 1.165) is 24.2 Å². The Labute approximate surface area is 167 Å². The second-order valence-corrected chi connectivity index (χ2v) is 9.48. The quantitative estimate of drug-likeness (QED) is 0.713. The van der Waals surface area contributed by atoms with E-state index in [4.69, 9.17) is 9.47 Å². The zero-order valence-corrected chi connectivity index (χ0v) is 17.5. The largest absolute Gasteiger partial charge is 0.497 e. The van der Waals surface area contributed by atoms with E-state index in [0.29, 0.717) is 45.6 Å². The number of carbonyl (C=O) groups is 1. The first-order chi connectivity index (χ1) is 13.4. The second kappa shape index (κ2) is 9.24. The molecule has 0 radical (unpaired) electrons. The fourth-order valence-corrected chi connectivity index (χ4v) is 5.66. The van der Waals surface area contributed by atoms with Gasteiger partial charge in [-0.25, -0.2) is 8.42 Å². The summed E-state index contributed by atoms with van der Waals surface area (Å²) in [6.07, 6.45) is 4.62. The number of piperidine rings is 1. The number of carbonyl (C=O) groups excluding carboxylic acids is 1. The van der Waals surface area contributed by atoms with E-state index in [1.54, 1.807) is 11.4 Å². The minimum atomic E-state index is -3.35. The molecule has 28 heavy (non-hydrogen) atoms. The van der Waals surface area contributed by atoms with E-state index in [1.165, 1.54) is 6.26 Å². The maximum absolute atomic E-state index is 12.8. The number of rotatable bonds is 6. The number of methoxy groups -OCH3 is 1. The Kier molecular flexibility index (Phi) is 6.95. The van der Waals surface area contributed by atoms with Crippen molar-refractivity contribution in [1.82, 2.24) is 9.21 Å². The van der Waals surface area contributed by atoms with Gasteiger partial charge in [-0.3, -0.25) is 4.79 Å². The van der Waals surface area contributed by atoms with Crippen LogP contribution in [0.2, 0.25) is 0 Å². The van der Waals surface area contributed by atoms with Crippen LogP contribution in [0.4, 0.5) is 0 Å². The molecule has 2 heterocycles. The molecule has 0 N–H and O–H groups in total. The van der Waals surface area contributed by atoms with Gasteiger partial charge in [-0.05, 0) is 43.4 Å². The van der Waals surface area contributed by atoms with E-state index >= 15 is 0 Å². The van der Waals surface area contributed by atoms with Gasteiger partial charge in [-0.15, -0.1) is 0 Å². The fourth-order valence-electron chi connectivity index (χ4n) is 4.20. The third-order valence-corrected chi connectivity index (χ3v) is 6.92. The summed E-state index contributed by atoms with van der Waals surface area (Å²) in [5.74, 6) is 0.796. The third kappa shape index (κ3) is 5.24. The summed E-state index contributed by atoms with van der Waals surface area (Å²) >= 11 is 0. The first-order valence-electron chi connectivity index (χ1n) is 9.85. The molecule has 2 aliphatic rings. The summed E-state index contributed by atoms with van der Waals surface area (Å²) in [5, 5.41) is 0. The number of hydrogen-bond donors (Lipinski definition) is 0. The number of ether oxygens (including phenoxy) is 2. The highest BCUT2D eigenvalue weighted by molar-refractivity contribution is 7.88. The molecule has 1 unspecified atom stereocenters. The highest BCUT2D eigenvalue weighted by Gasteiger charge is 2.37. The Bertz CT molecular complexity index is 759. The number of sulfonamides is 1. The molecule has 0 bridgehead atoms. The normalized spacial score (nSPS) is 21.7. The molecule has 7 nitrogen and oxygen atoms in total. The lowest BCUT2D eigenvalue weighted by atomic mass is 10.0. The molecule has 8 heteroatoms. The molecule has 1 amide bonds. The minimum Gasteiger partial charge on any atom is -0.497 e. The molecular weight excluding hydrogens is 380 g/mol. The smallest absolute Gasteiger partial charge is 0.227 e. The maximum atomic E-state index is 12.8. The molecular formula is C20H30N2O5S. The number of likely N-dealkylation sites (tertiary alicyclic amines) is 1. The molecule has 1 atom stereocenters. The fraction of sp³-hybridized carbons (Fsp3) is 0.650. The van der Waals surface area contributed by atoms with Crippen LogP contribution in [0.5, 0.6) is 5.75 Å². The molecule has 0 spiro atoms. The molecule has 2 aliphatic heterocycles. The van der Waals surface area contributed by atoms with Crippen molar-refractivity contribution in [3.05, 3.63) is 29.8 Å². The van der Waals surface area contributed by atoms with Gasteiger partial charge in [0.2, 0.25) is 15.9 Å². The highest BCUT2D eigenvalue weighted by Crippen LogP contribution is 2.26. The Hall–Kier alpha value is -1.64. The van der Waals surface area contributed by atoms with E-state index in [2.05, 4.69) is 0 Å². The van der Waals surface area contributed by atoms with E-state index in [1.807, 2.05) is 29.2 Å². The van der Waals surface area contributed by atoms with Crippen LogP contribution in [-0.2, 0) is 26.0 Å². The SMILES string of the molecule is COc1ccc(CC(=O)N2CCCC(N(C3CCOCC3)S(C)(=O)=O)C2)cc1.